The van der Waals surface area contributed by atoms with Crippen LogP contribution in [0.2, 0.25) is 0 Å². The Balaban J connectivity index is -0.000000405. The van der Waals surface area contributed by atoms with Gasteiger partial charge in [-0.3, -0.25) is 4.55 Å². The Kier molecular flexibility index (Phi) is 11.0. The molecular weight excluding hydrogens is 186 g/mol. The molecule has 0 aliphatic carbocycles. The Morgan fingerprint density at radius 1 is 1.42 bits per heavy atom. The van der Waals surface area contributed by atoms with Crippen LogP contribution in [0.5, 0.6) is 0 Å². The van der Waals surface area contributed by atoms with Crippen molar-refractivity contribution in [1.29, 1.82) is 0 Å². The van der Waals surface area contributed by atoms with Crippen LogP contribution < -0.4 is 6.15 Å². The normalized spacial score (nSPS) is 10.3. The summed E-state index contributed by atoms with van der Waals surface area (Å²) in [7, 11) is -4.22. The molecule has 78 valence electrons. The highest BCUT2D eigenvalue weighted by Crippen LogP contribution is 2.00. The molecule has 0 spiro atoms. The minimum atomic E-state index is -4.22. The van der Waals surface area contributed by atoms with E-state index in [0.29, 0.717) is 12.3 Å². The van der Waals surface area contributed by atoms with Crippen molar-refractivity contribution in [2.24, 2.45) is 5.92 Å². The second-order valence-electron chi connectivity index (χ2n) is 2.43. The standard InChI is InChI=1S/C5H12O4S.H3N.H2O/c1-5(2)3-4-9-10(6,7)8;;/h5H,3-4H2,1-2H3,(H,6,7,8);1H3;1H2. The Bertz CT molecular complexity index is 176. The molecule has 6 nitrogen and oxygen atoms in total. The van der Waals surface area contributed by atoms with Crippen LogP contribution in [0.4, 0.5) is 0 Å². The lowest BCUT2D eigenvalue weighted by Gasteiger charge is -2.01. The summed E-state index contributed by atoms with van der Waals surface area (Å²) in [5.41, 5.74) is 0. The zero-order valence-electron chi connectivity index (χ0n) is 7.28. The highest BCUT2D eigenvalue weighted by atomic mass is 32.3. The summed E-state index contributed by atoms with van der Waals surface area (Å²) in [6.07, 6.45) is 0.625. The summed E-state index contributed by atoms with van der Waals surface area (Å²) in [5.74, 6) is 0.377. The number of hydrogen-bond acceptors (Lipinski definition) is 4. The summed E-state index contributed by atoms with van der Waals surface area (Å²) in [6.45, 7) is 3.93. The van der Waals surface area contributed by atoms with Gasteiger partial charge in [-0.05, 0) is 12.3 Å². The molecule has 0 unspecified atom stereocenters. The van der Waals surface area contributed by atoms with Gasteiger partial charge in [-0.2, -0.15) is 8.42 Å². The van der Waals surface area contributed by atoms with Crippen LogP contribution in [0.3, 0.4) is 0 Å². The van der Waals surface area contributed by atoms with Crippen molar-refractivity contribution in [1.82, 2.24) is 6.15 Å². The summed E-state index contributed by atoms with van der Waals surface area (Å²) >= 11 is 0. The van der Waals surface area contributed by atoms with E-state index in [2.05, 4.69) is 4.18 Å². The van der Waals surface area contributed by atoms with E-state index < -0.39 is 10.4 Å². The molecule has 0 fully saturated rings. The van der Waals surface area contributed by atoms with E-state index in [9.17, 15) is 8.42 Å². The Labute approximate surface area is 72.8 Å². The maximum absolute atomic E-state index is 9.95. The van der Waals surface area contributed by atoms with E-state index in [4.69, 9.17) is 4.55 Å². The summed E-state index contributed by atoms with van der Waals surface area (Å²) in [6, 6.07) is 0. The molecular formula is C5H17NO5S. The second-order valence-corrected chi connectivity index (χ2v) is 3.52. The van der Waals surface area contributed by atoms with Crippen molar-refractivity contribution >= 4 is 10.4 Å². The average Bonchev–Trinajstić information content (AvgIpc) is 1.59. The van der Waals surface area contributed by atoms with Gasteiger partial charge in [0.1, 0.15) is 0 Å². The molecule has 0 aromatic heterocycles. The van der Waals surface area contributed by atoms with Crippen LogP contribution in [-0.4, -0.2) is 25.1 Å². The molecule has 0 heterocycles. The Hall–Kier alpha value is -0.210. The van der Waals surface area contributed by atoms with Gasteiger partial charge in [0.2, 0.25) is 0 Å². The molecule has 0 radical (unpaired) electrons. The van der Waals surface area contributed by atoms with Crippen LogP contribution in [0.1, 0.15) is 20.3 Å². The summed E-state index contributed by atoms with van der Waals surface area (Å²) in [4.78, 5) is 0. The molecule has 0 amide bonds. The van der Waals surface area contributed by atoms with Crippen molar-refractivity contribution in [2.45, 2.75) is 20.3 Å². The average molecular weight is 203 g/mol. The third-order valence-corrected chi connectivity index (χ3v) is 1.39. The lowest BCUT2D eigenvalue weighted by molar-refractivity contribution is 0.252. The van der Waals surface area contributed by atoms with Crippen LogP contribution in [0, 0.1) is 5.92 Å². The van der Waals surface area contributed by atoms with Crippen molar-refractivity contribution in [3.8, 4) is 0 Å². The van der Waals surface area contributed by atoms with Crippen molar-refractivity contribution < 1.29 is 22.6 Å². The van der Waals surface area contributed by atoms with E-state index in [1.54, 1.807) is 0 Å². The fraction of sp³-hybridized carbons (Fsp3) is 1.00. The highest BCUT2D eigenvalue weighted by Gasteiger charge is 2.03. The van der Waals surface area contributed by atoms with Gasteiger partial charge in [-0.25, -0.2) is 4.18 Å². The first-order chi connectivity index (χ1) is 4.42. The largest absolute Gasteiger partial charge is 0.412 e. The maximum atomic E-state index is 9.95. The first kappa shape index (κ1) is 17.8. The van der Waals surface area contributed by atoms with Crippen molar-refractivity contribution in [3.05, 3.63) is 0 Å². The smallest absolute Gasteiger partial charge is 0.397 e. The summed E-state index contributed by atoms with van der Waals surface area (Å²) in [5, 5.41) is 0. The van der Waals surface area contributed by atoms with Crippen molar-refractivity contribution in [2.75, 3.05) is 6.61 Å². The molecule has 0 aliphatic rings. The lowest BCUT2D eigenvalue weighted by Crippen LogP contribution is -2.06. The third kappa shape index (κ3) is 16.4. The predicted molar refractivity (Wildman–Crippen MR) is 45.6 cm³/mol. The van der Waals surface area contributed by atoms with Gasteiger partial charge in [-0.1, -0.05) is 13.8 Å². The van der Waals surface area contributed by atoms with Crippen LogP contribution in [-0.2, 0) is 14.6 Å². The molecule has 0 rings (SSSR count). The Morgan fingerprint density at radius 2 is 1.83 bits per heavy atom. The van der Waals surface area contributed by atoms with Gasteiger partial charge in [-0.15, -0.1) is 0 Å². The van der Waals surface area contributed by atoms with Gasteiger partial charge in [0.05, 0.1) is 6.61 Å². The van der Waals surface area contributed by atoms with Crippen LogP contribution >= 0.6 is 0 Å². The Morgan fingerprint density at radius 3 is 2.08 bits per heavy atom. The molecule has 0 aromatic carbocycles. The van der Waals surface area contributed by atoms with Gasteiger partial charge in [0.15, 0.2) is 0 Å². The highest BCUT2D eigenvalue weighted by molar-refractivity contribution is 7.80. The second kappa shape index (κ2) is 7.44. The van der Waals surface area contributed by atoms with Crippen LogP contribution in [0.15, 0.2) is 0 Å². The molecule has 6 N–H and O–H groups in total. The zero-order chi connectivity index (χ0) is 8.20. The first-order valence-electron chi connectivity index (χ1n) is 3.03. The predicted octanol–water partition coefficient (Wildman–Crippen LogP) is 0.189. The summed E-state index contributed by atoms with van der Waals surface area (Å²) < 4.78 is 32.0. The lowest BCUT2D eigenvalue weighted by atomic mass is 10.2. The molecule has 12 heavy (non-hydrogen) atoms. The molecule has 0 atom stereocenters. The van der Waals surface area contributed by atoms with Gasteiger partial charge in [0.25, 0.3) is 0 Å². The van der Waals surface area contributed by atoms with Gasteiger partial charge in [0, 0.05) is 0 Å². The van der Waals surface area contributed by atoms with Crippen LogP contribution in [0.25, 0.3) is 0 Å². The van der Waals surface area contributed by atoms with E-state index in [-0.39, 0.29) is 18.2 Å². The topological polar surface area (TPSA) is 130 Å². The van der Waals surface area contributed by atoms with E-state index in [1.165, 1.54) is 0 Å². The van der Waals surface area contributed by atoms with Gasteiger partial charge >= 0.3 is 10.4 Å². The molecule has 7 heteroatoms. The third-order valence-electron chi connectivity index (χ3n) is 0.927. The monoisotopic (exact) mass is 203 g/mol. The fourth-order valence-electron chi connectivity index (χ4n) is 0.389. The minimum Gasteiger partial charge on any atom is -0.412 e. The quantitative estimate of drug-likeness (QED) is 0.629. The fourth-order valence-corrected chi connectivity index (χ4v) is 0.696. The van der Waals surface area contributed by atoms with E-state index in [1.807, 2.05) is 13.8 Å². The van der Waals surface area contributed by atoms with Gasteiger partial charge < -0.3 is 11.6 Å². The molecule has 0 bridgehead atoms. The molecule has 0 saturated heterocycles. The molecule has 0 aromatic rings. The number of rotatable bonds is 4. The molecule has 0 saturated carbocycles. The van der Waals surface area contributed by atoms with E-state index >= 15 is 0 Å². The van der Waals surface area contributed by atoms with Crippen molar-refractivity contribution in [3.63, 3.8) is 0 Å². The van der Waals surface area contributed by atoms with E-state index in [0.717, 1.165) is 0 Å². The number of hydrogen-bond donors (Lipinski definition) is 2. The maximum Gasteiger partial charge on any atom is 0.397 e. The molecule has 0 aliphatic heterocycles. The SMILES string of the molecule is CC(C)CCOS(=O)(=O)O.N.O. The zero-order valence-corrected chi connectivity index (χ0v) is 8.10. The minimum absolute atomic E-state index is 0. The first-order valence-corrected chi connectivity index (χ1v) is 4.40.